The molecule has 3 heterocycles. The quantitative estimate of drug-likeness (QED) is 0.795. The molecule has 1 saturated heterocycles. The van der Waals surface area contributed by atoms with Crippen LogP contribution in [0.4, 0.5) is 5.82 Å². The lowest BCUT2D eigenvalue weighted by atomic mass is 10.00. The molecule has 0 unspecified atom stereocenters. The number of halogens is 1. The highest BCUT2D eigenvalue weighted by Gasteiger charge is 2.33. The van der Waals surface area contributed by atoms with Gasteiger partial charge in [0.05, 0.1) is 11.6 Å². The van der Waals surface area contributed by atoms with Gasteiger partial charge in [0, 0.05) is 31.4 Å². The molecule has 0 aromatic carbocycles. The zero-order valence-corrected chi connectivity index (χ0v) is 13.1. The van der Waals surface area contributed by atoms with Gasteiger partial charge >= 0.3 is 0 Å². The van der Waals surface area contributed by atoms with Crippen LogP contribution >= 0.6 is 11.6 Å². The van der Waals surface area contributed by atoms with E-state index in [-0.39, 0.29) is 5.54 Å². The van der Waals surface area contributed by atoms with Gasteiger partial charge < -0.3 is 9.30 Å². The second-order valence-electron chi connectivity index (χ2n) is 6.10. The summed E-state index contributed by atoms with van der Waals surface area (Å²) in [5, 5.41) is 0. The van der Waals surface area contributed by atoms with E-state index in [1.54, 1.807) is 0 Å². The number of likely N-dealkylation sites (N-methyl/N-ethyl adjacent to an activating group) is 1. The molecular weight excluding hydrogens is 272 g/mol. The van der Waals surface area contributed by atoms with Crippen molar-refractivity contribution in [3.63, 3.8) is 0 Å². The average molecular weight is 293 g/mol. The van der Waals surface area contributed by atoms with Gasteiger partial charge in [0.15, 0.2) is 5.82 Å². The number of imidazole rings is 1. The Morgan fingerprint density at radius 2 is 2.10 bits per heavy atom. The van der Waals surface area contributed by atoms with E-state index in [1.807, 2.05) is 24.4 Å². The zero-order chi connectivity index (χ0) is 14.3. The monoisotopic (exact) mass is 292 g/mol. The Labute approximate surface area is 125 Å². The second-order valence-corrected chi connectivity index (χ2v) is 6.37. The first-order chi connectivity index (χ1) is 9.53. The second kappa shape index (κ2) is 4.93. The van der Waals surface area contributed by atoms with E-state index in [0.29, 0.717) is 5.88 Å². The molecule has 5 heteroatoms. The molecule has 0 amide bonds. The Morgan fingerprint density at radius 1 is 1.30 bits per heavy atom. The molecule has 0 bridgehead atoms. The topological polar surface area (TPSA) is 23.8 Å². The van der Waals surface area contributed by atoms with Crippen LogP contribution in [-0.2, 0) is 5.88 Å². The molecule has 108 valence electrons. The van der Waals surface area contributed by atoms with E-state index in [1.165, 1.54) is 0 Å². The Morgan fingerprint density at radius 3 is 2.80 bits per heavy atom. The minimum atomic E-state index is 0.150. The summed E-state index contributed by atoms with van der Waals surface area (Å²) in [7, 11) is 2.18. The number of anilines is 1. The van der Waals surface area contributed by atoms with Crippen molar-refractivity contribution in [3.05, 3.63) is 30.1 Å². The number of hydrogen-bond donors (Lipinski definition) is 0. The smallest absolute Gasteiger partial charge is 0.152 e. The maximum Gasteiger partial charge on any atom is 0.152 e. The summed E-state index contributed by atoms with van der Waals surface area (Å²) in [6, 6.07) is 6.06. The number of alkyl halides is 1. The van der Waals surface area contributed by atoms with Crippen LogP contribution in [0.3, 0.4) is 0 Å². The number of aromatic nitrogens is 2. The first-order valence-electron chi connectivity index (χ1n) is 7.01. The van der Waals surface area contributed by atoms with Gasteiger partial charge in [0.2, 0.25) is 0 Å². The molecule has 1 aliphatic heterocycles. The largest absolute Gasteiger partial charge is 0.352 e. The molecule has 2 aromatic heterocycles. The van der Waals surface area contributed by atoms with E-state index in [4.69, 9.17) is 16.6 Å². The number of piperazine rings is 1. The molecule has 3 rings (SSSR count). The van der Waals surface area contributed by atoms with Gasteiger partial charge in [-0.2, -0.15) is 0 Å². The molecule has 0 atom stereocenters. The van der Waals surface area contributed by atoms with Crippen molar-refractivity contribution in [1.82, 2.24) is 14.3 Å². The molecule has 1 fully saturated rings. The Kier molecular flexibility index (Phi) is 3.38. The predicted molar refractivity (Wildman–Crippen MR) is 83.7 cm³/mol. The Bertz CT molecular complexity index is 619. The summed E-state index contributed by atoms with van der Waals surface area (Å²) < 4.78 is 2.09. The summed E-state index contributed by atoms with van der Waals surface area (Å²) in [5.74, 6) is 1.51. The van der Waals surface area contributed by atoms with E-state index in [9.17, 15) is 0 Å². The fourth-order valence-corrected chi connectivity index (χ4v) is 3.08. The summed E-state index contributed by atoms with van der Waals surface area (Å²) >= 11 is 6.17. The fraction of sp³-hybridized carbons (Fsp3) is 0.533. The molecule has 4 nitrogen and oxygen atoms in total. The van der Waals surface area contributed by atoms with E-state index in [2.05, 4.69) is 35.1 Å². The van der Waals surface area contributed by atoms with Crippen LogP contribution < -0.4 is 4.90 Å². The minimum Gasteiger partial charge on any atom is -0.352 e. The summed E-state index contributed by atoms with van der Waals surface area (Å²) in [6.45, 7) is 7.55. The highest BCUT2D eigenvalue weighted by Crippen LogP contribution is 2.28. The molecule has 1 aliphatic rings. The average Bonchev–Trinajstić information content (AvgIpc) is 2.80. The molecular formula is C15H21ClN4. The molecule has 0 saturated carbocycles. The molecule has 0 aliphatic carbocycles. The maximum absolute atomic E-state index is 6.17. The Balaban J connectivity index is 2.02. The highest BCUT2D eigenvalue weighted by molar-refractivity contribution is 6.17. The van der Waals surface area contributed by atoms with Gasteiger partial charge in [-0.15, -0.1) is 11.6 Å². The third kappa shape index (κ3) is 2.17. The first-order valence-corrected chi connectivity index (χ1v) is 7.54. The van der Waals surface area contributed by atoms with Crippen LogP contribution in [0.25, 0.3) is 5.65 Å². The van der Waals surface area contributed by atoms with Gasteiger partial charge in [0.25, 0.3) is 0 Å². The van der Waals surface area contributed by atoms with Crippen molar-refractivity contribution in [1.29, 1.82) is 0 Å². The van der Waals surface area contributed by atoms with Crippen molar-refractivity contribution in [2.24, 2.45) is 0 Å². The third-order valence-corrected chi connectivity index (χ3v) is 4.60. The lowest BCUT2D eigenvalue weighted by molar-refractivity contribution is 0.138. The van der Waals surface area contributed by atoms with Crippen molar-refractivity contribution in [2.45, 2.75) is 25.3 Å². The van der Waals surface area contributed by atoms with Crippen LogP contribution in [0.1, 0.15) is 19.5 Å². The number of pyridine rings is 1. The molecule has 0 radical (unpaired) electrons. The van der Waals surface area contributed by atoms with Crippen LogP contribution in [0.2, 0.25) is 0 Å². The first kappa shape index (κ1) is 13.7. The summed E-state index contributed by atoms with van der Waals surface area (Å²) in [4.78, 5) is 9.55. The van der Waals surface area contributed by atoms with Gasteiger partial charge in [0.1, 0.15) is 5.65 Å². The van der Waals surface area contributed by atoms with Crippen LogP contribution in [-0.4, -0.2) is 46.5 Å². The van der Waals surface area contributed by atoms with Crippen molar-refractivity contribution >= 4 is 23.1 Å². The van der Waals surface area contributed by atoms with Gasteiger partial charge in [-0.25, -0.2) is 4.98 Å². The van der Waals surface area contributed by atoms with Crippen molar-refractivity contribution in [2.75, 3.05) is 31.6 Å². The maximum atomic E-state index is 6.17. The molecule has 20 heavy (non-hydrogen) atoms. The molecule has 2 aromatic rings. The number of hydrogen-bond acceptors (Lipinski definition) is 3. The number of fused-ring (bicyclic) bond motifs is 1. The number of nitrogens with zero attached hydrogens (tertiary/aromatic N) is 4. The van der Waals surface area contributed by atoms with Crippen molar-refractivity contribution in [3.8, 4) is 0 Å². The van der Waals surface area contributed by atoms with Gasteiger partial charge in [-0.1, -0.05) is 6.07 Å². The lowest BCUT2D eigenvalue weighted by Gasteiger charge is -2.45. The minimum absolute atomic E-state index is 0.150. The SMILES string of the molecule is CN1CCN(c2nc3ccccn3c2CCl)CC1(C)C. The zero-order valence-electron chi connectivity index (χ0n) is 12.3. The van der Waals surface area contributed by atoms with Gasteiger partial charge in [-0.3, -0.25) is 4.90 Å². The molecule has 0 spiro atoms. The van der Waals surface area contributed by atoms with E-state index >= 15 is 0 Å². The highest BCUT2D eigenvalue weighted by atomic mass is 35.5. The van der Waals surface area contributed by atoms with E-state index in [0.717, 1.165) is 36.8 Å². The van der Waals surface area contributed by atoms with Crippen LogP contribution in [0, 0.1) is 0 Å². The Hall–Kier alpha value is -1.26. The van der Waals surface area contributed by atoms with Crippen molar-refractivity contribution < 1.29 is 0 Å². The van der Waals surface area contributed by atoms with Crippen LogP contribution in [0.5, 0.6) is 0 Å². The number of rotatable bonds is 2. The third-order valence-electron chi connectivity index (χ3n) is 4.35. The lowest BCUT2D eigenvalue weighted by Crippen LogP contribution is -2.58. The van der Waals surface area contributed by atoms with E-state index < -0.39 is 0 Å². The van der Waals surface area contributed by atoms with Gasteiger partial charge in [-0.05, 0) is 33.0 Å². The summed E-state index contributed by atoms with van der Waals surface area (Å²) in [5.41, 5.74) is 2.20. The van der Waals surface area contributed by atoms with Crippen LogP contribution in [0.15, 0.2) is 24.4 Å². The molecule has 0 N–H and O–H groups in total. The fourth-order valence-electron chi connectivity index (χ4n) is 2.83. The standard InChI is InChI=1S/C15H21ClN4/c1-15(2)11-19(9-8-18(15)3)14-12(10-16)20-7-5-4-6-13(20)17-14/h4-7H,8-11H2,1-3H3. The normalized spacial score (nSPS) is 19.7. The summed E-state index contributed by atoms with van der Waals surface area (Å²) in [6.07, 6.45) is 2.03. The predicted octanol–water partition coefficient (Wildman–Crippen LogP) is 2.60.